The molecule has 0 radical (unpaired) electrons. The summed E-state index contributed by atoms with van der Waals surface area (Å²) in [7, 11) is 0. The average Bonchev–Trinajstić information content (AvgIpc) is 1.77. The zero-order valence-electron chi connectivity index (χ0n) is 10.6. The van der Waals surface area contributed by atoms with E-state index in [9.17, 15) is 5.11 Å². The van der Waals surface area contributed by atoms with Gasteiger partial charge in [-0.15, -0.1) is 0 Å². The predicted molar refractivity (Wildman–Crippen MR) is 63.3 cm³/mol. The maximum absolute atomic E-state index is 9.71. The van der Waals surface area contributed by atoms with Crippen LogP contribution in [0.4, 0.5) is 0 Å². The van der Waals surface area contributed by atoms with Crippen molar-refractivity contribution in [3.05, 3.63) is 11.6 Å². The summed E-state index contributed by atoms with van der Waals surface area (Å²) in [5, 5.41) is 9.71. The molecule has 2 unspecified atom stereocenters. The molecule has 0 aliphatic carbocycles. The van der Waals surface area contributed by atoms with Crippen LogP contribution in [-0.4, -0.2) is 11.2 Å². The Labute approximate surface area is 89.2 Å². The molecule has 0 saturated heterocycles. The largest absolute Gasteiger partial charge is 0.389 e. The van der Waals surface area contributed by atoms with E-state index in [1.54, 1.807) is 0 Å². The second-order valence-corrected chi connectivity index (χ2v) is 5.92. The highest BCUT2D eigenvalue weighted by atomic mass is 16.3. The standard InChI is InChI=1S/C13H26O/c1-10(2)7-12(14)8-11(3)9-13(4,5)6/h7,11-12,14H,8-9H2,1-6H3. The van der Waals surface area contributed by atoms with Crippen molar-refractivity contribution < 1.29 is 5.11 Å². The van der Waals surface area contributed by atoms with Gasteiger partial charge in [-0.1, -0.05) is 39.3 Å². The van der Waals surface area contributed by atoms with E-state index < -0.39 is 0 Å². The van der Waals surface area contributed by atoms with Gasteiger partial charge >= 0.3 is 0 Å². The van der Waals surface area contributed by atoms with E-state index in [1.807, 2.05) is 19.9 Å². The molecule has 0 bridgehead atoms. The van der Waals surface area contributed by atoms with Crippen LogP contribution in [0.25, 0.3) is 0 Å². The highest BCUT2D eigenvalue weighted by Gasteiger charge is 2.16. The molecule has 84 valence electrons. The van der Waals surface area contributed by atoms with Gasteiger partial charge in [0.15, 0.2) is 0 Å². The SMILES string of the molecule is CC(C)=CC(O)CC(C)CC(C)(C)C. The van der Waals surface area contributed by atoms with Crippen molar-refractivity contribution in [3.8, 4) is 0 Å². The van der Waals surface area contributed by atoms with Crippen molar-refractivity contribution in [1.29, 1.82) is 0 Å². The summed E-state index contributed by atoms with van der Waals surface area (Å²) in [5.74, 6) is 0.584. The Morgan fingerprint density at radius 2 is 1.79 bits per heavy atom. The molecule has 2 atom stereocenters. The smallest absolute Gasteiger partial charge is 0.0725 e. The highest BCUT2D eigenvalue weighted by molar-refractivity contribution is 4.98. The van der Waals surface area contributed by atoms with Crippen molar-refractivity contribution >= 4 is 0 Å². The molecular formula is C13H26O. The van der Waals surface area contributed by atoms with E-state index >= 15 is 0 Å². The molecule has 0 aliphatic rings. The van der Waals surface area contributed by atoms with E-state index in [0.717, 1.165) is 6.42 Å². The van der Waals surface area contributed by atoms with Crippen molar-refractivity contribution in [2.45, 2.75) is 60.5 Å². The summed E-state index contributed by atoms with van der Waals surface area (Å²) in [6, 6.07) is 0. The predicted octanol–water partition coefficient (Wildman–Crippen LogP) is 3.78. The molecule has 0 aliphatic heterocycles. The van der Waals surface area contributed by atoms with Gasteiger partial charge in [0.1, 0.15) is 0 Å². The van der Waals surface area contributed by atoms with Crippen LogP contribution in [0, 0.1) is 11.3 Å². The molecule has 1 heteroatoms. The minimum atomic E-state index is -0.266. The fourth-order valence-corrected chi connectivity index (χ4v) is 1.99. The topological polar surface area (TPSA) is 20.2 Å². The Balaban J connectivity index is 3.95. The quantitative estimate of drug-likeness (QED) is 0.682. The summed E-state index contributed by atoms with van der Waals surface area (Å²) in [4.78, 5) is 0. The van der Waals surface area contributed by atoms with Gasteiger partial charge < -0.3 is 5.11 Å². The van der Waals surface area contributed by atoms with E-state index in [4.69, 9.17) is 0 Å². The van der Waals surface area contributed by atoms with Crippen molar-refractivity contribution in [3.63, 3.8) is 0 Å². The minimum Gasteiger partial charge on any atom is -0.389 e. The van der Waals surface area contributed by atoms with Gasteiger partial charge in [0, 0.05) is 0 Å². The maximum Gasteiger partial charge on any atom is 0.0725 e. The molecule has 0 aromatic carbocycles. The lowest BCUT2D eigenvalue weighted by atomic mass is 9.83. The average molecular weight is 198 g/mol. The van der Waals surface area contributed by atoms with Crippen LogP contribution in [0.15, 0.2) is 11.6 Å². The third kappa shape index (κ3) is 8.31. The van der Waals surface area contributed by atoms with Gasteiger partial charge in [-0.3, -0.25) is 0 Å². The van der Waals surface area contributed by atoms with Crippen molar-refractivity contribution in [1.82, 2.24) is 0 Å². The number of rotatable bonds is 4. The number of aliphatic hydroxyl groups is 1. The number of allylic oxidation sites excluding steroid dienone is 1. The van der Waals surface area contributed by atoms with Gasteiger partial charge in [-0.2, -0.15) is 0 Å². The Bertz CT molecular complexity index is 182. The van der Waals surface area contributed by atoms with E-state index in [-0.39, 0.29) is 6.10 Å². The van der Waals surface area contributed by atoms with E-state index in [0.29, 0.717) is 11.3 Å². The zero-order chi connectivity index (χ0) is 11.4. The summed E-state index contributed by atoms with van der Waals surface area (Å²) in [6.45, 7) is 13.0. The fraction of sp³-hybridized carbons (Fsp3) is 0.846. The third-order valence-electron chi connectivity index (χ3n) is 2.13. The van der Waals surface area contributed by atoms with Gasteiger partial charge in [-0.25, -0.2) is 0 Å². The highest BCUT2D eigenvalue weighted by Crippen LogP contribution is 2.26. The van der Waals surface area contributed by atoms with Gasteiger partial charge in [0.05, 0.1) is 6.10 Å². The minimum absolute atomic E-state index is 0.266. The first-order valence-corrected chi connectivity index (χ1v) is 5.54. The second-order valence-electron chi connectivity index (χ2n) is 5.92. The zero-order valence-corrected chi connectivity index (χ0v) is 10.6. The molecule has 0 fully saturated rings. The summed E-state index contributed by atoms with van der Waals surface area (Å²) in [5.41, 5.74) is 1.56. The fourth-order valence-electron chi connectivity index (χ4n) is 1.99. The van der Waals surface area contributed by atoms with Gasteiger partial charge in [0.25, 0.3) is 0 Å². The molecular weight excluding hydrogens is 172 g/mol. The van der Waals surface area contributed by atoms with E-state index in [2.05, 4.69) is 27.7 Å². The van der Waals surface area contributed by atoms with Gasteiger partial charge in [-0.05, 0) is 38.0 Å². The first-order valence-electron chi connectivity index (χ1n) is 5.54. The van der Waals surface area contributed by atoms with Crippen LogP contribution in [0.3, 0.4) is 0 Å². The molecule has 1 N–H and O–H groups in total. The molecule has 1 nitrogen and oxygen atoms in total. The Morgan fingerprint density at radius 1 is 1.29 bits per heavy atom. The molecule has 0 saturated carbocycles. The Hall–Kier alpha value is -0.300. The first kappa shape index (κ1) is 13.7. The summed E-state index contributed by atoms with van der Waals surface area (Å²) >= 11 is 0. The molecule has 14 heavy (non-hydrogen) atoms. The van der Waals surface area contributed by atoms with Crippen LogP contribution in [0.2, 0.25) is 0 Å². The lowest BCUT2D eigenvalue weighted by Gasteiger charge is -2.24. The molecule has 0 aromatic heterocycles. The number of hydrogen-bond acceptors (Lipinski definition) is 1. The Kier molecular flexibility index (Phi) is 5.43. The van der Waals surface area contributed by atoms with Crippen molar-refractivity contribution in [2.24, 2.45) is 11.3 Å². The first-order chi connectivity index (χ1) is 6.20. The van der Waals surface area contributed by atoms with E-state index in [1.165, 1.54) is 12.0 Å². The molecule has 0 heterocycles. The molecule has 0 aromatic rings. The normalized spacial score (nSPS) is 16.2. The van der Waals surface area contributed by atoms with Crippen LogP contribution >= 0.6 is 0 Å². The van der Waals surface area contributed by atoms with Crippen LogP contribution in [-0.2, 0) is 0 Å². The molecule has 0 amide bonds. The Morgan fingerprint density at radius 3 is 2.14 bits per heavy atom. The summed E-state index contributed by atoms with van der Waals surface area (Å²) in [6.07, 6.45) is 3.72. The maximum atomic E-state index is 9.71. The van der Waals surface area contributed by atoms with Crippen LogP contribution in [0.5, 0.6) is 0 Å². The van der Waals surface area contributed by atoms with Crippen LogP contribution < -0.4 is 0 Å². The van der Waals surface area contributed by atoms with Crippen molar-refractivity contribution in [2.75, 3.05) is 0 Å². The summed E-state index contributed by atoms with van der Waals surface area (Å²) < 4.78 is 0. The lowest BCUT2D eigenvalue weighted by molar-refractivity contribution is 0.171. The molecule has 0 rings (SSSR count). The monoisotopic (exact) mass is 198 g/mol. The molecule has 0 spiro atoms. The number of hydrogen-bond donors (Lipinski definition) is 1. The third-order valence-corrected chi connectivity index (χ3v) is 2.13. The number of aliphatic hydroxyl groups excluding tert-OH is 1. The second kappa shape index (κ2) is 5.55. The lowest BCUT2D eigenvalue weighted by Crippen LogP contribution is -2.15. The van der Waals surface area contributed by atoms with Crippen LogP contribution in [0.1, 0.15) is 54.4 Å². The van der Waals surface area contributed by atoms with Gasteiger partial charge in [0.2, 0.25) is 0 Å².